The predicted molar refractivity (Wildman–Crippen MR) is 129 cm³/mol. The number of hydrogen-bond donors (Lipinski definition) is 2. The molecular formula is C25H28F2N2O5S. The fourth-order valence-electron chi connectivity index (χ4n) is 4.63. The van der Waals surface area contributed by atoms with Gasteiger partial charge in [-0.05, 0) is 67.0 Å². The Labute approximate surface area is 203 Å². The molecule has 10 heteroatoms. The number of fused-ring (bicyclic) bond motifs is 1. The molecule has 2 aromatic rings. The number of rotatable bonds is 6. The largest absolute Gasteiger partial charge is 0.497 e. The Morgan fingerprint density at radius 3 is 2.29 bits per heavy atom. The predicted octanol–water partition coefficient (Wildman–Crippen LogP) is 3.81. The van der Waals surface area contributed by atoms with E-state index in [0.29, 0.717) is 17.7 Å². The van der Waals surface area contributed by atoms with Gasteiger partial charge < -0.3 is 20.1 Å². The van der Waals surface area contributed by atoms with Crippen LogP contribution in [0.2, 0.25) is 0 Å². The summed E-state index contributed by atoms with van der Waals surface area (Å²) in [7, 11) is -0.163. The van der Waals surface area contributed by atoms with Crippen molar-refractivity contribution in [3.05, 3.63) is 53.1 Å². The lowest BCUT2D eigenvalue weighted by Gasteiger charge is -2.37. The molecule has 188 valence electrons. The van der Waals surface area contributed by atoms with Crippen molar-refractivity contribution in [2.45, 2.75) is 23.8 Å². The third kappa shape index (κ3) is 4.84. The third-order valence-electron chi connectivity index (χ3n) is 6.41. The van der Waals surface area contributed by atoms with E-state index in [-0.39, 0.29) is 23.5 Å². The molecule has 0 radical (unpaired) electrons. The van der Waals surface area contributed by atoms with Gasteiger partial charge in [-0.2, -0.15) is 0 Å². The first-order chi connectivity index (χ1) is 16.4. The van der Waals surface area contributed by atoms with Crippen molar-refractivity contribution in [3.8, 4) is 5.75 Å². The summed E-state index contributed by atoms with van der Waals surface area (Å²) in [6, 6.07) is 6.23. The zero-order chi connectivity index (χ0) is 25.7. The number of carboxylic acid groups (broad SMARTS) is 1. The first-order valence-corrected chi connectivity index (χ1v) is 14.0. The number of carboxylic acids is 1. The molecule has 2 aliphatic rings. The zero-order valence-corrected chi connectivity index (χ0v) is 20.7. The topological polar surface area (TPSA) is 95.9 Å². The van der Waals surface area contributed by atoms with Crippen molar-refractivity contribution >= 4 is 33.5 Å². The number of halogens is 2. The molecular weight excluding hydrogens is 478 g/mol. The van der Waals surface area contributed by atoms with E-state index in [9.17, 15) is 28.3 Å². The monoisotopic (exact) mass is 506 g/mol. The molecule has 1 saturated carbocycles. The standard InChI is InChI=1S/C25H28F2N2O5S/c1-34-15-5-6-16-13(9-15)7-8-29(24(31)17-12-18(17)25(32)33)21(16)23(30)28-14-10-19(26)22(20(27)11-14)35(2,3)4/h5-6,9-11,17-18,21H,7-8,12H2,1-4H3,(H,28,30)(H,32,33). The maximum atomic E-state index is 14.8. The van der Waals surface area contributed by atoms with Crippen LogP contribution in [-0.2, 0) is 20.8 Å². The number of aliphatic carboxylic acids is 1. The van der Waals surface area contributed by atoms with Crippen molar-refractivity contribution in [3.63, 3.8) is 0 Å². The summed E-state index contributed by atoms with van der Waals surface area (Å²) in [5.74, 6) is -4.43. The van der Waals surface area contributed by atoms with E-state index in [0.717, 1.165) is 17.7 Å². The molecule has 7 nitrogen and oxygen atoms in total. The lowest BCUT2D eigenvalue weighted by molar-refractivity contribution is -0.144. The summed E-state index contributed by atoms with van der Waals surface area (Å²) in [6.45, 7) is 0.203. The smallest absolute Gasteiger partial charge is 0.307 e. The van der Waals surface area contributed by atoms with Crippen LogP contribution < -0.4 is 10.1 Å². The van der Waals surface area contributed by atoms with Gasteiger partial charge in [0.1, 0.15) is 23.4 Å². The first kappa shape index (κ1) is 25.0. The number of nitrogens with one attached hydrogen (secondary N) is 1. The van der Waals surface area contributed by atoms with Gasteiger partial charge in [0.05, 0.1) is 23.8 Å². The SMILES string of the molecule is COc1ccc2c(c1)CCN(C(=O)C1CC1C(=O)O)C2C(=O)Nc1cc(F)c(S(C)(C)C)c(F)c1. The summed E-state index contributed by atoms with van der Waals surface area (Å²) in [5, 5.41) is 11.8. The van der Waals surface area contributed by atoms with Crippen LogP contribution in [0.3, 0.4) is 0 Å². The molecule has 35 heavy (non-hydrogen) atoms. The van der Waals surface area contributed by atoms with Crippen LogP contribution in [0.15, 0.2) is 35.2 Å². The molecule has 1 aliphatic heterocycles. The highest BCUT2D eigenvalue weighted by Gasteiger charge is 2.52. The quantitative estimate of drug-likeness (QED) is 0.621. The maximum Gasteiger partial charge on any atom is 0.307 e. The number of amides is 2. The van der Waals surface area contributed by atoms with Crippen LogP contribution in [0.25, 0.3) is 0 Å². The van der Waals surface area contributed by atoms with E-state index in [4.69, 9.17) is 4.74 Å². The van der Waals surface area contributed by atoms with Gasteiger partial charge in [0.15, 0.2) is 0 Å². The first-order valence-electron chi connectivity index (χ1n) is 11.1. The van der Waals surface area contributed by atoms with E-state index >= 15 is 0 Å². The van der Waals surface area contributed by atoms with Gasteiger partial charge >= 0.3 is 5.97 Å². The number of benzene rings is 2. The lowest BCUT2D eigenvalue weighted by atomic mass is 9.91. The van der Waals surface area contributed by atoms with Gasteiger partial charge in [0, 0.05) is 12.2 Å². The Hall–Kier alpha value is -3.14. The van der Waals surface area contributed by atoms with Crippen LogP contribution in [0.1, 0.15) is 23.6 Å². The number of carbonyl (C=O) groups is 3. The summed E-state index contributed by atoms with van der Waals surface area (Å²) in [5.41, 5.74) is 1.32. The van der Waals surface area contributed by atoms with Gasteiger partial charge in [-0.25, -0.2) is 18.8 Å². The van der Waals surface area contributed by atoms with E-state index in [1.54, 1.807) is 37.0 Å². The average Bonchev–Trinajstić information content (AvgIpc) is 3.57. The number of ether oxygens (including phenoxy) is 1. The van der Waals surface area contributed by atoms with E-state index < -0.39 is 57.3 Å². The Morgan fingerprint density at radius 2 is 1.74 bits per heavy atom. The summed E-state index contributed by atoms with van der Waals surface area (Å²) < 4.78 is 34.8. The fraction of sp³-hybridized carbons (Fsp3) is 0.400. The van der Waals surface area contributed by atoms with Gasteiger partial charge in [0.25, 0.3) is 5.91 Å². The molecule has 1 aliphatic carbocycles. The van der Waals surface area contributed by atoms with Crippen LogP contribution in [0.4, 0.5) is 14.5 Å². The Morgan fingerprint density at radius 1 is 1.09 bits per heavy atom. The van der Waals surface area contributed by atoms with Gasteiger partial charge in [-0.3, -0.25) is 14.4 Å². The number of carbonyl (C=O) groups excluding carboxylic acids is 2. The molecule has 4 rings (SSSR count). The number of hydrogen-bond acceptors (Lipinski definition) is 4. The van der Waals surface area contributed by atoms with Gasteiger partial charge in [-0.15, -0.1) is 0 Å². The molecule has 2 aromatic carbocycles. The van der Waals surface area contributed by atoms with Gasteiger partial charge in [-0.1, -0.05) is 6.07 Å². The van der Waals surface area contributed by atoms with Crippen molar-refractivity contribution in [2.24, 2.45) is 11.8 Å². The van der Waals surface area contributed by atoms with Crippen LogP contribution in [0.5, 0.6) is 5.75 Å². The summed E-state index contributed by atoms with van der Waals surface area (Å²) in [4.78, 5) is 39.3. The van der Waals surface area contributed by atoms with Crippen LogP contribution in [0, 0.1) is 23.5 Å². The van der Waals surface area contributed by atoms with Crippen LogP contribution >= 0.6 is 10.0 Å². The Bertz CT molecular complexity index is 1190. The maximum absolute atomic E-state index is 14.8. The average molecular weight is 507 g/mol. The molecule has 2 amide bonds. The number of methoxy groups -OCH3 is 1. The molecule has 3 atom stereocenters. The zero-order valence-electron chi connectivity index (χ0n) is 19.9. The Kier molecular flexibility index (Phi) is 6.52. The van der Waals surface area contributed by atoms with Gasteiger partial charge in [0.2, 0.25) is 5.91 Å². The normalized spacial score (nSPS) is 21.7. The molecule has 1 heterocycles. The molecule has 0 saturated heterocycles. The summed E-state index contributed by atoms with van der Waals surface area (Å²) >= 11 is 0. The summed E-state index contributed by atoms with van der Waals surface area (Å²) in [6.07, 6.45) is 5.99. The fourth-order valence-corrected chi connectivity index (χ4v) is 5.92. The highest BCUT2D eigenvalue weighted by molar-refractivity contribution is 8.32. The van der Waals surface area contributed by atoms with E-state index in [1.165, 1.54) is 12.0 Å². The molecule has 0 bridgehead atoms. The highest BCUT2D eigenvalue weighted by Crippen LogP contribution is 2.49. The molecule has 0 aromatic heterocycles. The second-order valence-corrected chi connectivity index (χ2v) is 13.7. The molecule has 2 N–H and O–H groups in total. The lowest BCUT2D eigenvalue weighted by Crippen LogP contribution is -2.46. The molecule has 1 fully saturated rings. The minimum absolute atomic E-state index is 0.00384. The second-order valence-electron chi connectivity index (χ2n) is 9.63. The third-order valence-corrected chi connectivity index (χ3v) is 8.03. The number of nitrogens with zero attached hydrogens (tertiary/aromatic N) is 1. The van der Waals surface area contributed by atoms with Crippen molar-refractivity contribution in [1.29, 1.82) is 0 Å². The van der Waals surface area contributed by atoms with Crippen molar-refractivity contribution < 1.29 is 33.0 Å². The van der Waals surface area contributed by atoms with E-state index in [2.05, 4.69) is 5.32 Å². The highest BCUT2D eigenvalue weighted by atomic mass is 32.3. The second kappa shape index (κ2) is 9.14. The number of anilines is 1. The van der Waals surface area contributed by atoms with Crippen LogP contribution in [-0.4, -0.2) is 60.2 Å². The molecule has 3 unspecified atom stereocenters. The minimum Gasteiger partial charge on any atom is -0.497 e. The van der Waals surface area contributed by atoms with E-state index in [1.807, 2.05) is 0 Å². The molecule has 0 spiro atoms. The van der Waals surface area contributed by atoms with Crippen molar-refractivity contribution in [1.82, 2.24) is 4.90 Å². The minimum atomic E-state index is -1.69. The Balaban J connectivity index is 1.67. The van der Waals surface area contributed by atoms with Crippen molar-refractivity contribution in [2.75, 3.05) is 37.7 Å².